The second-order valence-corrected chi connectivity index (χ2v) is 5.32. The lowest BCUT2D eigenvalue weighted by Gasteiger charge is -2.34. The normalized spacial score (nSPS) is 25.1. The van der Waals surface area contributed by atoms with Crippen LogP contribution < -0.4 is 0 Å². The number of morpholine rings is 1. The largest absolute Gasteiger partial charge is 0.373 e. The first kappa shape index (κ1) is 13.5. The Kier molecular flexibility index (Phi) is 4.38. The summed E-state index contributed by atoms with van der Waals surface area (Å²) in [6.07, 6.45) is 0.374. The maximum absolute atomic E-state index is 12.1. The summed E-state index contributed by atoms with van der Waals surface area (Å²) < 4.78 is 5.65. The van der Waals surface area contributed by atoms with Crippen molar-refractivity contribution in [3.05, 3.63) is 34.9 Å². The first-order chi connectivity index (χ1) is 8.54. The molecule has 98 valence electrons. The molecule has 1 heterocycles. The average molecular weight is 268 g/mol. The molecule has 4 heteroatoms. The average Bonchev–Trinajstić information content (AvgIpc) is 2.28. The van der Waals surface area contributed by atoms with Crippen molar-refractivity contribution in [3.8, 4) is 0 Å². The van der Waals surface area contributed by atoms with Gasteiger partial charge in [0.25, 0.3) is 0 Å². The number of halogens is 1. The van der Waals surface area contributed by atoms with Gasteiger partial charge in [-0.1, -0.05) is 11.6 Å². The molecule has 1 aromatic rings. The van der Waals surface area contributed by atoms with Gasteiger partial charge in [0, 0.05) is 23.7 Å². The molecule has 1 saturated heterocycles. The van der Waals surface area contributed by atoms with E-state index in [-0.39, 0.29) is 18.0 Å². The third-order valence-corrected chi connectivity index (χ3v) is 3.28. The highest BCUT2D eigenvalue weighted by Gasteiger charge is 2.23. The van der Waals surface area contributed by atoms with Crippen molar-refractivity contribution >= 4 is 17.4 Å². The number of carbonyl (C=O) groups is 1. The van der Waals surface area contributed by atoms with Gasteiger partial charge >= 0.3 is 0 Å². The van der Waals surface area contributed by atoms with E-state index in [0.717, 1.165) is 13.1 Å². The van der Waals surface area contributed by atoms with E-state index in [2.05, 4.69) is 4.90 Å². The van der Waals surface area contributed by atoms with Gasteiger partial charge in [0.2, 0.25) is 0 Å². The predicted molar refractivity (Wildman–Crippen MR) is 72.2 cm³/mol. The van der Waals surface area contributed by atoms with E-state index in [1.807, 2.05) is 13.8 Å². The zero-order chi connectivity index (χ0) is 13.1. The molecule has 1 fully saturated rings. The highest BCUT2D eigenvalue weighted by Crippen LogP contribution is 2.13. The smallest absolute Gasteiger partial charge is 0.176 e. The van der Waals surface area contributed by atoms with Gasteiger partial charge in [-0.3, -0.25) is 9.69 Å². The molecule has 0 saturated carbocycles. The summed E-state index contributed by atoms with van der Waals surface area (Å²) in [6.45, 7) is 6.14. The Morgan fingerprint density at radius 3 is 2.39 bits per heavy atom. The quantitative estimate of drug-likeness (QED) is 0.789. The van der Waals surface area contributed by atoms with Crippen LogP contribution in [-0.2, 0) is 4.74 Å². The van der Waals surface area contributed by atoms with E-state index in [1.54, 1.807) is 24.3 Å². The summed E-state index contributed by atoms with van der Waals surface area (Å²) >= 11 is 5.81. The predicted octanol–water partition coefficient (Wildman–Crippen LogP) is 2.63. The van der Waals surface area contributed by atoms with Gasteiger partial charge in [0.05, 0.1) is 18.8 Å². The molecule has 0 amide bonds. The summed E-state index contributed by atoms with van der Waals surface area (Å²) in [5.74, 6) is 0.132. The summed E-state index contributed by atoms with van der Waals surface area (Å²) in [4.78, 5) is 14.3. The van der Waals surface area contributed by atoms with Crippen LogP contribution >= 0.6 is 11.6 Å². The second kappa shape index (κ2) is 5.83. The van der Waals surface area contributed by atoms with Crippen molar-refractivity contribution < 1.29 is 9.53 Å². The van der Waals surface area contributed by atoms with Crippen LogP contribution in [0, 0.1) is 0 Å². The lowest BCUT2D eigenvalue weighted by Crippen LogP contribution is -2.47. The van der Waals surface area contributed by atoms with Crippen LogP contribution in [0.15, 0.2) is 24.3 Å². The zero-order valence-electron chi connectivity index (χ0n) is 10.7. The van der Waals surface area contributed by atoms with E-state index in [4.69, 9.17) is 16.3 Å². The van der Waals surface area contributed by atoms with E-state index >= 15 is 0 Å². The van der Waals surface area contributed by atoms with Crippen molar-refractivity contribution in [3.63, 3.8) is 0 Å². The highest BCUT2D eigenvalue weighted by molar-refractivity contribution is 6.30. The lowest BCUT2D eigenvalue weighted by molar-refractivity contribution is -0.0652. The molecule has 0 aromatic heterocycles. The number of carbonyl (C=O) groups excluding carboxylic acids is 1. The van der Waals surface area contributed by atoms with E-state index in [0.29, 0.717) is 17.1 Å². The Labute approximate surface area is 113 Å². The monoisotopic (exact) mass is 267 g/mol. The third-order valence-electron chi connectivity index (χ3n) is 3.03. The Morgan fingerprint density at radius 1 is 1.28 bits per heavy atom. The van der Waals surface area contributed by atoms with Crippen LogP contribution in [0.25, 0.3) is 0 Å². The Hall–Kier alpha value is -0.900. The van der Waals surface area contributed by atoms with Crippen LogP contribution in [-0.4, -0.2) is 42.5 Å². The molecule has 0 spiro atoms. The first-order valence-electron chi connectivity index (χ1n) is 6.21. The minimum Gasteiger partial charge on any atom is -0.373 e. The molecule has 0 bridgehead atoms. The molecule has 0 aliphatic carbocycles. The van der Waals surface area contributed by atoms with Crippen LogP contribution in [0.1, 0.15) is 24.2 Å². The van der Waals surface area contributed by atoms with Gasteiger partial charge in [-0.05, 0) is 38.1 Å². The van der Waals surface area contributed by atoms with Crippen molar-refractivity contribution in [1.82, 2.24) is 4.90 Å². The number of ether oxygens (including phenoxy) is 1. The number of rotatable bonds is 3. The molecule has 0 radical (unpaired) electrons. The fourth-order valence-electron chi connectivity index (χ4n) is 2.34. The van der Waals surface area contributed by atoms with Gasteiger partial charge in [-0.25, -0.2) is 0 Å². The van der Waals surface area contributed by atoms with E-state index < -0.39 is 0 Å². The van der Waals surface area contributed by atoms with Gasteiger partial charge < -0.3 is 4.74 Å². The number of Topliss-reactive ketones (excluding diaryl/α,β-unsaturated/α-hetero) is 1. The number of hydrogen-bond donors (Lipinski definition) is 0. The van der Waals surface area contributed by atoms with Gasteiger partial charge in [0.1, 0.15) is 0 Å². The fourth-order valence-corrected chi connectivity index (χ4v) is 2.47. The van der Waals surface area contributed by atoms with Gasteiger partial charge in [-0.2, -0.15) is 0 Å². The second-order valence-electron chi connectivity index (χ2n) is 4.88. The van der Waals surface area contributed by atoms with Crippen molar-refractivity contribution in [1.29, 1.82) is 0 Å². The third kappa shape index (κ3) is 3.55. The Morgan fingerprint density at radius 2 is 1.83 bits per heavy atom. The Balaban J connectivity index is 1.96. The van der Waals surface area contributed by atoms with Crippen LogP contribution in [0.3, 0.4) is 0 Å². The van der Waals surface area contributed by atoms with Crippen LogP contribution in [0.2, 0.25) is 5.02 Å². The molecular weight excluding hydrogens is 250 g/mol. The van der Waals surface area contributed by atoms with E-state index in [9.17, 15) is 4.79 Å². The minimum absolute atomic E-state index is 0.132. The summed E-state index contributed by atoms with van der Waals surface area (Å²) in [7, 11) is 0. The Bertz CT molecular complexity index is 408. The van der Waals surface area contributed by atoms with Gasteiger partial charge in [-0.15, -0.1) is 0 Å². The molecule has 2 rings (SSSR count). The highest BCUT2D eigenvalue weighted by atomic mass is 35.5. The van der Waals surface area contributed by atoms with Crippen LogP contribution in [0.5, 0.6) is 0 Å². The van der Waals surface area contributed by atoms with Crippen molar-refractivity contribution in [2.45, 2.75) is 26.1 Å². The van der Waals surface area contributed by atoms with Gasteiger partial charge in [0.15, 0.2) is 5.78 Å². The standard InChI is InChI=1S/C14H18ClNO2/c1-10-7-16(8-11(2)18-10)9-14(17)12-3-5-13(15)6-4-12/h3-6,10-11H,7-9H2,1-2H3/t10-,11+. The van der Waals surface area contributed by atoms with Crippen LogP contribution in [0.4, 0.5) is 0 Å². The van der Waals surface area contributed by atoms with Crippen molar-refractivity contribution in [2.75, 3.05) is 19.6 Å². The molecule has 1 aliphatic heterocycles. The van der Waals surface area contributed by atoms with Crippen molar-refractivity contribution in [2.24, 2.45) is 0 Å². The molecule has 3 nitrogen and oxygen atoms in total. The topological polar surface area (TPSA) is 29.5 Å². The summed E-state index contributed by atoms with van der Waals surface area (Å²) in [6, 6.07) is 7.05. The first-order valence-corrected chi connectivity index (χ1v) is 6.59. The lowest BCUT2D eigenvalue weighted by atomic mass is 10.1. The number of nitrogens with zero attached hydrogens (tertiary/aromatic N) is 1. The molecule has 0 N–H and O–H groups in total. The molecule has 0 unspecified atom stereocenters. The maximum Gasteiger partial charge on any atom is 0.176 e. The maximum atomic E-state index is 12.1. The number of hydrogen-bond acceptors (Lipinski definition) is 3. The zero-order valence-corrected chi connectivity index (χ0v) is 11.5. The van der Waals surface area contributed by atoms with E-state index in [1.165, 1.54) is 0 Å². The molecular formula is C14H18ClNO2. The number of benzene rings is 1. The number of ketones is 1. The summed E-state index contributed by atoms with van der Waals surface area (Å²) in [5, 5.41) is 0.653. The fraction of sp³-hybridized carbons (Fsp3) is 0.500. The minimum atomic E-state index is 0.132. The SMILES string of the molecule is C[C@@H]1CN(CC(=O)c2ccc(Cl)cc2)C[C@H](C)O1. The summed E-state index contributed by atoms with van der Waals surface area (Å²) in [5.41, 5.74) is 0.714. The molecule has 1 aliphatic rings. The molecule has 18 heavy (non-hydrogen) atoms. The molecule has 1 aromatic carbocycles. The molecule has 2 atom stereocenters.